The smallest absolute Gasteiger partial charge is 0.161 e. The normalized spacial score (nSPS) is 13.7. The van der Waals surface area contributed by atoms with Gasteiger partial charge in [-0.2, -0.15) is 0 Å². The van der Waals surface area contributed by atoms with Gasteiger partial charge in [-0.1, -0.05) is 6.07 Å². The van der Waals surface area contributed by atoms with Crippen LogP contribution in [0.15, 0.2) is 29.6 Å². The third-order valence-corrected chi connectivity index (χ3v) is 3.73. The lowest BCUT2D eigenvalue weighted by Crippen LogP contribution is -2.15. The molecule has 0 atom stereocenters. The Morgan fingerprint density at radius 1 is 1.12 bits per heavy atom. The predicted molar refractivity (Wildman–Crippen MR) is 68.6 cm³/mol. The summed E-state index contributed by atoms with van der Waals surface area (Å²) in [7, 11) is 0. The fourth-order valence-electron chi connectivity index (χ4n) is 1.97. The number of fused-ring (bicyclic) bond motifs is 1. The van der Waals surface area contributed by atoms with E-state index in [1.54, 1.807) is 11.3 Å². The average Bonchev–Trinajstić information content (AvgIpc) is 2.86. The lowest BCUT2D eigenvalue weighted by molar-refractivity contribution is 0.171. The molecule has 0 saturated carbocycles. The first kappa shape index (κ1) is 10.6. The lowest BCUT2D eigenvalue weighted by atomic mass is 10.1. The molecule has 1 aliphatic heterocycles. The molecule has 1 aliphatic rings. The van der Waals surface area contributed by atoms with Crippen molar-refractivity contribution in [3.05, 3.63) is 34.5 Å². The Labute approximate surface area is 104 Å². The average molecular weight is 247 g/mol. The summed E-state index contributed by atoms with van der Waals surface area (Å²) in [6.45, 7) is 1.81. The minimum Gasteiger partial charge on any atom is -0.486 e. The third kappa shape index (κ3) is 1.90. The minimum atomic E-state index is 0.571. The molecule has 0 unspecified atom stereocenters. The van der Waals surface area contributed by atoms with Gasteiger partial charge in [0, 0.05) is 11.4 Å². The van der Waals surface area contributed by atoms with Crippen molar-refractivity contribution in [2.24, 2.45) is 5.73 Å². The van der Waals surface area contributed by atoms with Crippen LogP contribution in [0.5, 0.6) is 11.5 Å². The highest BCUT2D eigenvalue weighted by Gasteiger charge is 2.13. The van der Waals surface area contributed by atoms with Gasteiger partial charge >= 0.3 is 0 Å². The molecule has 0 aliphatic carbocycles. The molecular weight excluding hydrogens is 234 g/mol. The molecule has 2 aromatic rings. The number of hydrogen-bond acceptors (Lipinski definition) is 4. The molecule has 0 radical (unpaired) electrons. The zero-order valence-corrected chi connectivity index (χ0v) is 10.1. The van der Waals surface area contributed by atoms with Crippen molar-refractivity contribution >= 4 is 11.3 Å². The first-order valence-corrected chi connectivity index (χ1v) is 6.43. The Bertz CT molecular complexity index is 536. The highest BCUT2D eigenvalue weighted by molar-refractivity contribution is 7.10. The molecule has 1 aromatic carbocycles. The summed E-state index contributed by atoms with van der Waals surface area (Å²) in [5.41, 5.74) is 8.05. The summed E-state index contributed by atoms with van der Waals surface area (Å²) < 4.78 is 11.1. The van der Waals surface area contributed by atoms with E-state index in [2.05, 4.69) is 17.5 Å². The second-order valence-corrected chi connectivity index (χ2v) is 4.82. The van der Waals surface area contributed by atoms with Gasteiger partial charge in [0.1, 0.15) is 13.2 Å². The predicted octanol–water partition coefficient (Wildman–Crippen LogP) is 2.65. The van der Waals surface area contributed by atoms with E-state index < -0.39 is 0 Å². The van der Waals surface area contributed by atoms with Crippen LogP contribution >= 0.6 is 11.3 Å². The molecule has 0 amide bonds. The van der Waals surface area contributed by atoms with Crippen molar-refractivity contribution in [1.29, 1.82) is 0 Å². The third-order valence-electron chi connectivity index (χ3n) is 2.78. The number of nitrogens with two attached hydrogens (primary N) is 1. The first-order valence-electron chi connectivity index (χ1n) is 5.55. The van der Waals surface area contributed by atoms with Crippen molar-refractivity contribution in [2.45, 2.75) is 6.54 Å². The van der Waals surface area contributed by atoms with Gasteiger partial charge in [-0.05, 0) is 34.7 Å². The standard InChI is InChI=1S/C13H13NO2S/c14-8-13-10(3-6-17-13)9-1-2-11-12(7-9)16-5-4-15-11/h1-3,6-7H,4-5,8,14H2. The van der Waals surface area contributed by atoms with Crippen LogP contribution in [0.4, 0.5) is 0 Å². The Kier molecular flexibility index (Phi) is 2.74. The Hall–Kier alpha value is -1.52. The molecule has 1 aromatic heterocycles. The van der Waals surface area contributed by atoms with Gasteiger partial charge in [0.2, 0.25) is 0 Å². The molecule has 0 bridgehead atoms. The van der Waals surface area contributed by atoms with Crippen LogP contribution in [0, 0.1) is 0 Å². The first-order chi connectivity index (χ1) is 8.38. The maximum Gasteiger partial charge on any atom is 0.161 e. The monoisotopic (exact) mass is 247 g/mol. The number of thiophene rings is 1. The molecule has 2 N–H and O–H groups in total. The lowest BCUT2D eigenvalue weighted by Gasteiger charge is -2.18. The minimum absolute atomic E-state index is 0.571. The van der Waals surface area contributed by atoms with Crippen LogP contribution in [-0.4, -0.2) is 13.2 Å². The van der Waals surface area contributed by atoms with Crippen LogP contribution < -0.4 is 15.2 Å². The van der Waals surface area contributed by atoms with E-state index in [-0.39, 0.29) is 0 Å². The van der Waals surface area contributed by atoms with Crippen LogP contribution in [0.25, 0.3) is 11.1 Å². The maximum absolute atomic E-state index is 5.72. The Morgan fingerprint density at radius 3 is 2.76 bits per heavy atom. The highest BCUT2D eigenvalue weighted by atomic mass is 32.1. The molecular formula is C13H13NO2S. The zero-order valence-electron chi connectivity index (χ0n) is 9.31. The van der Waals surface area contributed by atoms with Crippen molar-refractivity contribution in [3.8, 4) is 22.6 Å². The molecule has 88 valence electrons. The van der Waals surface area contributed by atoms with E-state index in [9.17, 15) is 0 Å². The molecule has 2 heterocycles. The second kappa shape index (κ2) is 4.39. The van der Waals surface area contributed by atoms with Crippen molar-refractivity contribution in [3.63, 3.8) is 0 Å². The fourth-order valence-corrected chi connectivity index (χ4v) is 2.74. The van der Waals surface area contributed by atoms with Crippen LogP contribution in [0.2, 0.25) is 0 Å². The van der Waals surface area contributed by atoms with Gasteiger partial charge in [-0.15, -0.1) is 11.3 Å². The number of rotatable bonds is 2. The zero-order chi connectivity index (χ0) is 11.7. The molecule has 0 fully saturated rings. The molecule has 17 heavy (non-hydrogen) atoms. The number of hydrogen-bond donors (Lipinski definition) is 1. The highest BCUT2D eigenvalue weighted by Crippen LogP contribution is 2.36. The van der Waals surface area contributed by atoms with Gasteiger partial charge in [0.05, 0.1) is 0 Å². The van der Waals surface area contributed by atoms with Gasteiger partial charge in [-0.3, -0.25) is 0 Å². The Morgan fingerprint density at radius 2 is 1.94 bits per heavy atom. The van der Waals surface area contributed by atoms with Gasteiger partial charge in [0.25, 0.3) is 0 Å². The molecule has 3 nitrogen and oxygen atoms in total. The summed E-state index contributed by atoms with van der Waals surface area (Å²) in [5, 5.41) is 2.06. The van der Waals surface area contributed by atoms with Crippen molar-refractivity contribution in [1.82, 2.24) is 0 Å². The SMILES string of the molecule is NCc1sccc1-c1ccc2c(c1)OCCO2. The topological polar surface area (TPSA) is 44.5 Å². The molecule has 3 rings (SSSR count). The van der Waals surface area contributed by atoms with Crippen LogP contribution in [0.1, 0.15) is 4.88 Å². The summed E-state index contributed by atoms with van der Waals surface area (Å²) in [4.78, 5) is 1.20. The van der Waals surface area contributed by atoms with E-state index in [1.165, 1.54) is 10.4 Å². The van der Waals surface area contributed by atoms with Crippen molar-refractivity contribution in [2.75, 3.05) is 13.2 Å². The molecule has 4 heteroatoms. The van der Waals surface area contributed by atoms with E-state index >= 15 is 0 Å². The fraction of sp³-hybridized carbons (Fsp3) is 0.231. The largest absolute Gasteiger partial charge is 0.486 e. The molecule has 0 saturated heterocycles. The van der Waals surface area contributed by atoms with Crippen LogP contribution in [0.3, 0.4) is 0 Å². The van der Waals surface area contributed by atoms with E-state index in [1.807, 2.05) is 12.1 Å². The number of benzene rings is 1. The van der Waals surface area contributed by atoms with E-state index in [0.717, 1.165) is 17.1 Å². The van der Waals surface area contributed by atoms with Gasteiger partial charge in [0.15, 0.2) is 11.5 Å². The quantitative estimate of drug-likeness (QED) is 0.887. The van der Waals surface area contributed by atoms with E-state index in [0.29, 0.717) is 19.8 Å². The van der Waals surface area contributed by atoms with Gasteiger partial charge in [-0.25, -0.2) is 0 Å². The van der Waals surface area contributed by atoms with Crippen molar-refractivity contribution < 1.29 is 9.47 Å². The maximum atomic E-state index is 5.72. The number of ether oxygens (including phenoxy) is 2. The van der Waals surface area contributed by atoms with Gasteiger partial charge < -0.3 is 15.2 Å². The van der Waals surface area contributed by atoms with E-state index in [4.69, 9.17) is 15.2 Å². The summed E-state index contributed by atoms with van der Waals surface area (Å²) in [6, 6.07) is 8.13. The second-order valence-electron chi connectivity index (χ2n) is 3.82. The summed E-state index contributed by atoms with van der Waals surface area (Å²) in [6.07, 6.45) is 0. The Balaban J connectivity index is 2.04. The summed E-state index contributed by atoms with van der Waals surface area (Å²) >= 11 is 1.68. The molecule has 0 spiro atoms. The van der Waals surface area contributed by atoms with Crippen LogP contribution in [-0.2, 0) is 6.54 Å². The summed E-state index contributed by atoms with van der Waals surface area (Å²) in [5.74, 6) is 1.65.